The molecule has 0 aromatic heterocycles. The molecule has 4 nitrogen and oxygen atoms in total. The Bertz CT molecular complexity index is 246. The van der Waals surface area contributed by atoms with E-state index in [1.165, 1.54) is 6.92 Å². The molecule has 0 saturated heterocycles. The highest BCUT2D eigenvalue weighted by molar-refractivity contribution is 5.94. The van der Waals surface area contributed by atoms with Gasteiger partial charge in [-0.1, -0.05) is 0 Å². The molecule has 0 bridgehead atoms. The van der Waals surface area contributed by atoms with Crippen LogP contribution in [0.5, 0.6) is 0 Å². The van der Waals surface area contributed by atoms with E-state index in [-0.39, 0.29) is 0 Å². The predicted molar refractivity (Wildman–Crippen MR) is 63.4 cm³/mol. The van der Waals surface area contributed by atoms with E-state index in [2.05, 4.69) is 9.98 Å². The smallest absolute Gasteiger partial charge is 0.221 e. The molecule has 0 saturated carbocycles. The average molecular weight is 216 g/mol. The van der Waals surface area contributed by atoms with Crippen molar-refractivity contribution in [3.05, 3.63) is 0 Å². The first-order chi connectivity index (χ1) is 6.88. The SMILES string of the molecule is CN=C(N=C(C)N(C)CC(C)F)N(C)C. The van der Waals surface area contributed by atoms with Gasteiger partial charge in [-0.05, 0) is 13.8 Å². The summed E-state index contributed by atoms with van der Waals surface area (Å²) in [6.07, 6.45) is -0.860. The van der Waals surface area contributed by atoms with Gasteiger partial charge >= 0.3 is 0 Å². The van der Waals surface area contributed by atoms with E-state index >= 15 is 0 Å². The van der Waals surface area contributed by atoms with E-state index in [9.17, 15) is 4.39 Å². The van der Waals surface area contributed by atoms with Crippen LogP contribution in [0.1, 0.15) is 13.8 Å². The van der Waals surface area contributed by atoms with Gasteiger partial charge in [0.1, 0.15) is 12.0 Å². The van der Waals surface area contributed by atoms with Crippen molar-refractivity contribution in [2.75, 3.05) is 34.7 Å². The van der Waals surface area contributed by atoms with Crippen LogP contribution in [0.4, 0.5) is 4.39 Å². The summed E-state index contributed by atoms with van der Waals surface area (Å²) < 4.78 is 12.8. The summed E-state index contributed by atoms with van der Waals surface area (Å²) in [6.45, 7) is 3.72. The third-order valence-corrected chi connectivity index (χ3v) is 1.94. The predicted octanol–water partition coefficient (Wildman–Crippen LogP) is 1.24. The van der Waals surface area contributed by atoms with Gasteiger partial charge in [0.05, 0.1) is 0 Å². The lowest BCUT2D eigenvalue weighted by molar-refractivity contribution is 0.296. The van der Waals surface area contributed by atoms with Gasteiger partial charge < -0.3 is 9.80 Å². The van der Waals surface area contributed by atoms with Crippen LogP contribution in [-0.4, -0.2) is 62.5 Å². The minimum Gasteiger partial charge on any atom is -0.360 e. The van der Waals surface area contributed by atoms with Crippen molar-refractivity contribution in [2.45, 2.75) is 20.0 Å². The highest BCUT2D eigenvalue weighted by Gasteiger charge is 2.07. The minimum atomic E-state index is -0.860. The third kappa shape index (κ3) is 5.34. The number of rotatable bonds is 2. The highest BCUT2D eigenvalue weighted by atomic mass is 19.1. The molecular weight excluding hydrogens is 195 g/mol. The monoisotopic (exact) mass is 216 g/mol. The third-order valence-electron chi connectivity index (χ3n) is 1.94. The molecule has 0 aliphatic heterocycles. The Morgan fingerprint density at radius 1 is 1.33 bits per heavy atom. The molecule has 0 aromatic carbocycles. The highest BCUT2D eigenvalue weighted by Crippen LogP contribution is 1.96. The zero-order valence-corrected chi connectivity index (χ0v) is 10.5. The van der Waals surface area contributed by atoms with Crippen molar-refractivity contribution in [1.82, 2.24) is 9.80 Å². The molecule has 0 spiro atoms. The lowest BCUT2D eigenvalue weighted by Crippen LogP contribution is -2.32. The summed E-state index contributed by atoms with van der Waals surface area (Å²) >= 11 is 0. The Morgan fingerprint density at radius 3 is 2.20 bits per heavy atom. The van der Waals surface area contributed by atoms with E-state index in [1.54, 1.807) is 11.9 Å². The summed E-state index contributed by atoms with van der Waals surface area (Å²) in [6, 6.07) is 0. The van der Waals surface area contributed by atoms with Gasteiger partial charge in [-0.15, -0.1) is 0 Å². The zero-order valence-electron chi connectivity index (χ0n) is 10.5. The Balaban J connectivity index is 4.53. The number of halogens is 1. The fourth-order valence-corrected chi connectivity index (χ4v) is 1.09. The van der Waals surface area contributed by atoms with E-state index in [0.29, 0.717) is 12.5 Å². The molecule has 1 unspecified atom stereocenters. The Hall–Kier alpha value is -1.13. The van der Waals surface area contributed by atoms with Crippen molar-refractivity contribution >= 4 is 11.8 Å². The first-order valence-electron chi connectivity index (χ1n) is 4.93. The minimum absolute atomic E-state index is 0.347. The van der Waals surface area contributed by atoms with E-state index in [4.69, 9.17) is 0 Å². The maximum absolute atomic E-state index is 12.8. The normalized spacial score (nSPS) is 15.1. The van der Waals surface area contributed by atoms with E-state index in [1.807, 2.05) is 33.0 Å². The lowest BCUT2D eigenvalue weighted by atomic mass is 10.4. The van der Waals surface area contributed by atoms with Crippen LogP contribution in [0.15, 0.2) is 9.98 Å². The fraction of sp³-hybridized carbons (Fsp3) is 0.800. The standard InChI is InChI=1S/C10H21FN4/c1-8(11)7-15(6)9(2)13-10(12-3)14(4)5/h8H,7H2,1-6H3. The number of aliphatic imine (C=N–C) groups is 2. The van der Waals surface area contributed by atoms with E-state index in [0.717, 1.165) is 5.84 Å². The molecular formula is C10H21FN4. The summed E-state index contributed by atoms with van der Waals surface area (Å²) in [4.78, 5) is 11.9. The average Bonchev–Trinajstić information content (AvgIpc) is 2.11. The molecule has 0 aliphatic carbocycles. The van der Waals surface area contributed by atoms with Gasteiger partial charge in [0, 0.05) is 34.7 Å². The van der Waals surface area contributed by atoms with Crippen LogP contribution in [0.3, 0.4) is 0 Å². The van der Waals surface area contributed by atoms with Crippen LogP contribution in [0, 0.1) is 0 Å². The molecule has 0 heterocycles. The van der Waals surface area contributed by atoms with Gasteiger partial charge in [-0.2, -0.15) is 0 Å². The molecule has 0 rings (SSSR count). The fourth-order valence-electron chi connectivity index (χ4n) is 1.09. The van der Waals surface area contributed by atoms with Gasteiger partial charge in [-0.3, -0.25) is 4.99 Å². The summed E-state index contributed by atoms with van der Waals surface area (Å²) in [5.74, 6) is 1.39. The van der Waals surface area contributed by atoms with Gasteiger partial charge in [0.15, 0.2) is 0 Å². The topological polar surface area (TPSA) is 31.2 Å². The molecule has 88 valence electrons. The quantitative estimate of drug-likeness (QED) is 0.514. The van der Waals surface area contributed by atoms with Crippen molar-refractivity contribution < 1.29 is 4.39 Å². The second kappa shape index (κ2) is 6.37. The summed E-state index contributed by atoms with van der Waals surface area (Å²) in [5.41, 5.74) is 0. The largest absolute Gasteiger partial charge is 0.360 e. The molecule has 0 amide bonds. The number of hydrogen-bond donors (Lipinski definition) is 0. The number of alkyl halides is 1. The zero-order chi connectivity index (χ0) is 12.0. The Labute approximate surface area is 91.5 Å². The second-order valence-electron chi connectivity index (χ2n) is 3.74. The van der Waals surface area contributed by atoms with Gasteiger partial charge in [0.25, 0.3) is 0 Å². The van der Waals surface area contributed by atoms with Crippen molar-refractivity contribution in [3.8, 4) is 0 Å². The molecule has 15 heavy (non-hydrogen) atoms. The summed E-state index contributed by atoms with van der Waals surface area (Å²) in [5, 5.41) is 0. The first-order valence-corrected chi connectivity index (χ1v) is 4.93. The molecule has 1 atom stereocenters. The number of amidine groups is 1. The van der Waals surface area contributed by atoms with Gasteiger partial charge in [0.2, 0.25) is 5.96 Å². The molecule has 0 radical (unpaired) electrons. The maximum atomic E-state index is 12.8. The Kier molecular flexibility index (Phi) is 5.89. The van der Waals surface area contributed by atoms with Crippen LogP contribution in [0.25, 0.3) is 0 Å². The maximum Gasteiger partial charge on any atom is 0.221 e. The van der Waals surface area contributed by atoms with Crippen molar-refractivity contribution in [2.24, 2.45) is 9.98 Å². The Morgan fingerprint density at radius 2 is 1.87 bits per heavy atom. The van der Waals surface area contributed by atoms with Crippen LogP contribution < -0.4 is 0 Å². The lowest BCUT2D eigenvalue weighted by Gasteiger charge is -2.20. The number of guanidine groups is 1. The number of hydrogen-bond acceptors (Lipinski definition) is 1. The van der Waals surface area contributed by atoms with Crippen molar-refractivity contribution in [3.63, 3.8) is 0 Å². The molecule has 0 N–H and O–H groups in total. The molecule has 0 fully saturated rings. The van der Waals surface area contributed by atoms with Crippen molar-refractivity contribution in [1.29, 1.82) is 0 Å². The second-order valence-corrected chi connectivity index (χ2v) is 3.74. The van der Waals surface area contributed by atoms with Crippen LogP contribution >= 0.6 is 0 Å². The molecule has 0 aromatic rings. The number of nitrogens with zero attached hydrogens (tertiary/aromatic N) is 4. The van der Waals surface area contributed by atoms with Gasteiger partial charge in [-0.25, -0.2) is 9.38 Å². The molecule has 5 heteroatoms. The first kappa shape index (κ1) is 13.9. The molecule has 0 aliphatic rings. The van der Waals surface area contributed by atoms with E-state index < -0.39 is 6.17 Å². The van der Waals surface area contributed by atoms with Crippen LogP contribution in [0.2, 0.25) is 0 Å². The summed E-state index contributed by atoms with van der Waals surface area (Å²) in [7, 11) is 7.25. The van der Waals surface area contributed by atoms with Crippen LogP contribution in [-0.2, 0) is 0 Å².